The van der Waals surface area contributed by atoms with Gasteiger partial charge >= 0.3 is 0 Å². The van der Waals surface area contributed by atoms with Gasteiger partial charge in [-0.1, -0.05) is 24.3 Å². The molecule has 0 radical (unpaired) electrons. The van der Waals surface area contributed by atoms with E-state index < -0.39 is 10.8 Å². The summed E-state index contributed by atoms with van der Waals surface area (Å²) >= 11 is 0. The molecule has 0 aromatic heterocycles. The van der Waals surface area contributed by atoms with Crippen molar-refractivity contribution in [2.24, 2.45) is 0 Å². The molecule has 0 saturated carbocycles. The van der Waals surface area contributed by atoms with E-state index in [2.05, 4.69) is 10.6 Å². The topological polar surface area (TPSA) is 108 Å². The molecular formula is C20H14N4O3. The van der Waals surface area contributed by atoms with Gasteiger partial charge in [0.25, 0.3) is 11.6 Å². The molecular weight excluding hydrogens is 344 g/mol. The number of nitrogens with zero attached hydrogens (tertiary/aromatic N) is 2. The number of nitro benzene ring substituents is 1. The van der Waals surface area contributed by atoms with Crippen LogP contribution in [0, 0.1) is 21.4 Å². The molecule has 0 aliphatic heterocycles. The van der Waals surface area contributed by atoms with E-state index in [4.69, 9.17) is 5.26 Å². The highest BCUT2D eigenvalue weighted by Crippen LogP contribution is 2.29. The molecule has 0 aliphatic carbocycles. The fraction of sp³-hybridized carbons (Fsp3) is 0. The highest BCUT2D eigenvalue weighted by atomic mass is 16.6. The standard InChI is InChI=1S/C20H14N4O3/c21-13-14-5-4-8-17(11-14)23-20(25)15-9-10-18(19(12-15)24(26)27)22-16-6-2-1-3-7-16/h1-12,22H,(H,23,25). The van der Waals surface area contributed by atoms with Crippen molar-refractivity contribution in [3.8, 4) is 6.07 Å². The van der Waals surface area contributed by atoms with Crippen molar-refractivity contribution in [1.82, 2.24) is 0 Å². The number of carbonyl (C=O) groups excluding carboxylic acids is 1. The fourth-order valence-corrected chi connectivity index (χ4v) is 2.48. The highest BCUT2D eigenvalue weighted by Gasteiger charge is 2.18. The normalized spacial score (nSPS) is 9.89. The molecule has 0 atom stereocenters. The number of hydrogen-bond acceptors (Lipinski definition) is 5. The van der Waals surface area contributed by atoms with Crippen molar-refractivity contribution in [1.29, 1.82) is 5.26 Å². The maximum Gasteiger partial charge on any atom is 0.293 e. The van der Waals surface area contributed by atoms with Crippen molar-refractivity contribution in [3.05, 3.63) is 94.0 Å². The van der Waals surface area contributed by atoms with Gasteiger partial charge in [0.1, 0.15) is 5.69 Å². The van der Waals surface area contributed by atoms with Crippen molar-refractivity contribution >= 4 is 28.7 Å². The Kier molecular flexibility index (Phi) is 5.10. The zero-order chi connectivity index (χ0) is 19.2. The van der Waals surface area contributed by atoms with Gasteiger partial charge in [-0.25, -0.2) is 0 Å². The number of amides is 1. The van der Waals surface area contributed by atoms with Crippen LogP contribution >= 0.6 is 0 Å². The van der Waals surface area contributed by atoms with Crippen LogP contribution in [0.1, 0.15) is 15.9 Å². The Labute approximate surface area is 155 Å². The molecule has 0 spiro atoms. The quantitative estimate of drug-likeness (QED) is 0.517. The van der Waals surface area contributed by atoms with E-state index >= 15 is 0 Å². The maximum atomic E-state index is 12.4. The van der Waals surface area contributed by atoms with Gasteiger partial charge in [0.2, 0.25) is 0 Å². The van der Waals surface area contributed by atoms with Gasteiger partial charge in [-0.2, -0.15) is 5.26 Å². The van der Waals surface area contributed by atoms with Crippen LogP contribution < -0.4 is 10.6 Å². The van der Waals surface area contributed by atoms with Crippen LogP contribution in [0.3, 0.4) is 0 Å². The van der Waals surface area contributed by atoms with E-state index in [1.54, 1.807) is 30.3 Å². The second-order valence-corrected chi connectivity index (χ2v) is 5.63. The lowest BCUT2D eigenvalue weighted by atomic mass is 10.1. The number of rotatable bonds is 5. The molecule has 0 saturated heterocycles. The van der Waals surface area contributed by atoms with Gasteiger partial charge in [-0.15, -0.1) is 0 Å². The van der Waals surface area contributed by atoms with Gasteiger partial charge < -0.3 is 10.6 Å². The Hall–Kier alpha value is -4.18. The molecule has 1 amide bonds. The largest absolute Gasteiger partial charge is 0.350 e. The molecule has 27 heavy (non-hydrogen) atoms. The lowest BCUT2D eigenvalue weighted by molar-refractivity contribution is -0.383. The monoisotopic (exact) mass is 358 g/mol. The van der Waals surface area contributed by atoms with E-state index in [0.717, 1.165) is 0 Å². The first-order chi connectivity index (χ1) is 13.1. The van der Waals surface area contributed by atoms with Gasteiger partial charge in [0.05, 0.1) is 16.6 Å². The smallest absolute Gasteiger partial charge is 0.293 e. The van der Waals surface area contributed by atoms with Crippen LogP contribution in [0.2, 0.25) is 0 Å². The minimum atomic E-state index is -0.543. The number of nitriles is 1. The number of nitrogens with one attached hydrogen (secondary N) is 2. The van der Waals surface area contributed by atoms with E-state index in [9.17, 15) is 14.9 Å². The predicted molar refractivity (Wildman–Crippen MR) is 102 cm³/mol. The number of para-hydroxylation sites is 1. The SMILES string of the molecule is N#Cc1cccc(NC(=O)c2ccc(Nc3ccccc3)c([N+](=O)[O-])c2)c1. The third-order valence-electron chi connectivity index (χ3n) is 3.76. The summed E-state index contributed by atoms with van der Waals surface area (Å²) in [7, 11) is 0. The summed E-state index contributed by atoms with van der Waals surface area (Å²) in [6, 6.07) is 21.6. The molecule has 2 N–H and O–H groups in total. The first-order valence-corrected chi connectivity index (χ1v) is 7.99. The van der Waals surface area contributed by atoms with Gasteiger partial charge in [-0.05, 0) is 42.5 Å². The summed E-state index contributed by atoms with van der Waals surface area (Å²) in [5, 5.41) is 26.0. The van der Waals surface area contributed by atoms with E-state index in [1.165, 1.54) is 24.3 Å². The number of hydrogen-bond donors (Lipinski definition) is 2. The molecule has 3 aromatic carbocycles. The minimum absolute atomic E-state index is 0.141. The minimum Gasteiger partial charge on any atom is -0.350 e. The van der Waals surface area contributed by atoms with Gasteiger partial charge in [0.15, 0.2) is 0 Å². The summed E-state index contributed by atoms with van der Waals surface area (Å²) in [6.45, 7) is 0. The van der Waals surface area contributed by atoms with E-state index in [1.807, 2.05) is 24.3 Å². The average Bonchev–Trinajstić information content (AvgIpc) is 2.69. The molecule has 0 fully saturated rings. The molecule has 0 aliphatic rings. The van der Waals surface area contributed by atoms with Crippen molar-refractivity contribution < 1.29 is 9.72 Å². The lowest BCUT2D eigenvalue weighted by Crippen LogP contribution is -2.12. The fourth-order valence-electron chi connectivity index (χ4n) is 2.48. The van der Waals surface area contributed by atoms with Crippen molar-refractivity contribution in [2.45, 2.75) is 0 Å². The zero-order valence-electron chi connectivity index (χ0n) is 14.0. The maximum absolute atomic E-state index is 12.4. The van der Waals surface area contributed by atoms with E-state index in [0.29, 0.717) is 16.9 Å². The zero-order valence-corrected chi connectivity index (χ0v) is 14.0. The first kappa shape index (κ1) is 17.6. The van der Waals surface area contributed by atoms with Crippen LogP contribution in [0.25, 0.3) is 0 Å². The molecule has 0 unspecified atom stereocenters. The Morgan fingerprint density at radius 1 is 0.963 bits per heavy atom. The summed E-state index contributed by atoms with van der Waals surface area (Å²) in [5.41, 5.74) is 1.76. The second-order valence-electron chi connectivity index (χ2n) is 5.63. The first-order valence-electron chi connectivity index (χ1n) is 7.99. The highest BCUT2D eigenvalue weighted by molar-refractivity contribution is 6.05. The summed E-state index contributed by atoms with van der Waals surface area (Å²) in [5.74, 6) is -0.501. The van der Waals surface area contributed by atoms with Crippen LogP contribution in [0.15, 0.2) is 72.8 Å². The van der Waals surface area contributed by atoms with Crippen molar-refractivity contribution in [2.75, 3.05) is 10.6 Å². The molecule has 3 rings (SSSR count). The van der Waals surface area contributed by atoms with Crippen LogP contribution in [-0.4, -0.2) is 10.8 Å². The Morgan fingerprint density at radius 3 is 2.41 bits per heavy atom. The second kappa shape index (κ2) is 7.80. The third kappa shape index (κ3) is 4.27. The van der Waals surface area contributed by atoms with Gasteiger partial charge in [-0.3, -0.25) is 14.9 Å². The van der Waals surface area contributed by atoms with Crippen molar-refractivity contribution in [3.63, 3.8) is 0 Å². The number of nitro groups is 1. The predicted octanol–water partition coefficient (Wildman–Crippen LogP) is 4.46. The van der Waals surface area contributed by atoms with Gasteiger partial charge in [0, 0.05) is 23.0 Å². The molecule has 132 valence electrons. The molecule has 3 aromatic rings. The molecule has 0 bridgehead atoms. The molecule has 0 heterocycles. The van der Waals surface area contributed by atoms with Crippen LogP contribution in [0.4, 0.5) is 22.7 Å². The lowest BCUT2D eigenvalue weighted by Gasteiger charge is -2.09. The van der Waals surface area contributed by atoms with E-state index in [-0.39, 0.29) is 16.9 Å². The van der Waals surface area contributed by atoms with Crippen LogP contribution in [0.5, 0.6) is 0 Å². The summed E-state index contributed by atoms with van der Waals surface area (Å²) < 4.78 is 0. The third-order valence-corrected chi connectivity index (χ3v) is 3.76. The average molecular weight is 358 g/mol. The molecule has 7 nitrogen and oxygen atoms in total. The summed E-state index contributed by atoms with van der Waals surface area (Å²) in [6.07, 6.45) is 0. The Bertz CT molecular complexity index is 1040. The Morgan fingerprint density at radius 2 is 1.70 bits per heavy atom. The molecule has 7 heteroatoms. The van der Waals surface area contributed by atoms with Crippen LogP contribution in [-0.2, 0) is 0 Å². The number of carbonyl (C=O) groups is 1. The Balaban J connectivity index is 1.85. The summed E-state index contributed by atoms with van der Waals surface area (Å²) in [4.78, 5) is 23.3. The number of benzene rings is 3. The number of anilines is 3.